The van der Waals surface area contributed by atoms with Gasteiger partial charge < -0.3 is 4.90 Å². The number of carbonyl (C=O) groups is 1. The van der Waals surface area contributed by atoms with E-state index in [4.69, 9.17) is 4.98 Å². The molecule has 0 fully saturated rings. The number of hydrogen-bond acceptors (Lipinski definition) is 3. The summed E-state index contributed by atoms with van der Waals surface area (Å²) >= 11 is 0. The van der Waals surface area contributed by atoms with Crippen molar-refractivity contribution in [3.05, 3.63) is 76.3 Å². The summed E-state index contributed by atoms with van der Waals surface area (Å²) in [5.41, 5.74) is 1.67. The zero-order valence-electron chi connectivity index (χ0n) is 21.7. The molecule has 3 aromatic rings. The van der Waals surface area contributed by atoms with Gasteiger partial charge in [-0.1, -0.05) is 94.8 Å². The molecule has 0 aliphatic rings. The van der Waals surface area contributed by atoms with Crippen molar-refractivity contribution < 1.29 is 4.79 Å². The minimum absolute atomic E-state index is 0.0554. The lowest BCUT2D eigenvalue weighted by molar-refractivity contribution is -0.133. The van der Waals surface area contributed by atoms with Crippen molar-refractivity contribution in [2.24, 2.45) is 0 Å². The van der Waals surface area contributed by atoms with Crippen LogP contribution in [0.15, 0.2) is 59.4 Å². The second-order valence-electron chi connectivity index (χ2n) is 9.50. The van der Waals surface area contributed by atoms with Crippen LogP contribution in [0.25, 0.3) is 10.9 Å². The molecule has 1 aromatic heterocycles. The summed E-state index contributed by atoms with van der Waals surface area (Å²) in [7, 11) is 0. The second-order valence-corrected chi connectivity index (χ2v) is 9.50. The molecule has 1 heterocycles. The lowest BCUT2D eigenvalue weighted by Crippen LogP contribution is -2.38. The zero-order chi connectivity index (χ0) is 25.0. The van der Waals surface area contributed by atoms with Crippen molar-refractivity contribution in [1.82, 2.24) is 14.5 Å². The summed E-state index contributed by atoms with van der Waals surface area (Å²) in [6, 6.07) is 17.2. The fraction of sp³-hybridized carbons (Fsp3) is 0.500. The highest BCUT2D eigenvalue weighted by atomic mass is 16.2. The first-order valence-corrected chi connectivity index (χ1v) is 13.4. The number of amides is 1. The van der Waals surface area contributed by atoms with Crippen LogP contribution in [0.4, 0.5) is 0 Å². The summed E-state index contributed by atoms with van der Waals surface area (Å²) in [4.78, 5) is 33.9. The van der Waals surface area contributed by atoms with E-state index in [9.17, 15) is 9.59 Å². The average Bonchev–Trinajstić information content (AvgIpc) is 2.88. The fourth-order valence-electron chi connectivity index (χ4n) is 4.63. The van der Waals surface area contributed by atoms with Gasteiger partial charge in [-0.25, -0.2) is 4.98 Å². The summed E-state index contributed by atoms with van der Waals surface area (Å²) in [6.07, 6.45) is 9.43. The van der Waals surface area contributed by atoms with Crippen LogP contribution in [0.3, 0.4) is 0 Å². The molecule has 1 amide bonds. The van der Waals surface area contributed by atoms with E-state index in [0.29, 0.717) is 36.2 Å². The van der Waals surface area contributed by atoms with E-state index in [0.717, 1.165) is 31.2 Å². The fourth-order valence-corrected chi connectivity index (χ4v) is 4.63. The molecule has 0 spiro atoms. The molecule has 188 valence electrons. The molecule has 0 aliphatic heterocycles. The van der Waals surface area contributed by atoms with E-state index in [2.05, 4.69) is 13.8 Å². The highest BCUT2D eigenvalue weighted by Crippen LogP contribution is 2.23. The summed E-state index contributed by atoms with van der Waals surface area (Å²) < 4.78 is 1.76. The van der Waals surface area contributed by atoms with Crippen LogP contribution in [0.2, 0.25) is 0 Å². The van der Waals surface area contributed by atoms with Crippen molar-refractivity contribution in [3.8, 4) is 0 Å². The Hall–Kier alpha value is -2.95. The van der Waals surface area contributed by atoms with Crippen LogP contribution in [-0.4, -0.2) is 26.9 Å². The Labute approximate surface area is 210 Å². The Balaban J connectivity index is 1.91. The van der Waals surface area contributed by atoms with Crippen LogP contribution in [0, 0.1) is 0 Å². The third kappa shape index (κ3) is 7.27. The first kappa shape index (κ1) is 26.7. The van der Waals surface area contributed by atoms with Gasteiger partial charge in [0.15, 0.2) is 0 Å². The van der Waals surface area contributed by atoms with Crippen molar-refractivity contribution in [3.63, 3.8) is 0 Å². The molecule has 5 heteroatoms. The van der Waals surface area contributed by atoms with Crippen molar-refractivity contribution in [1.29, 1.82) is 0 Å². The number of para-hydroxylation sites is 1. The SMILES string of the molecule is CCCCCCCCC(=O)N(CCCC)C(C)c1nc2ccccc2c(=O)n1Cc1ccccc1. The van der Waals surface area contributed by atoms with Crippen LogP contribution in [0.5, 0.6) is 0 Å². The zero-order valence-corrected chi connectivity index (χ0v) is 21.7. The second kappa shape index (κ2) is 13.8. The van der Waals surface area contributed by atoms with Crippen molar-refractivity contribution >= 4 is 16.8 Å². The van der Waals surface area contributed by atoms with Gasteiger partial charge in [0.05, 0.1) is 23.5 Å². The smallest absolute Gasteiger partial charge is 0.261 e. The highest BCUT2D eigenvalue weighted by Gasteiger charge is 2.25. The molecule has 0 aliphatic carbocycles. The van der Waals surface area contributed by atoms with Crippen LogP contribution >= 0.6 is 0 Å². The van der Waals surface area contributed by atoms with E-state index in [1.807, 2.05) is 66.4 Å². The Morgan fingerprint density at radius 2 is 1.54 bits per heavy atom. The van der Waals surface area contributed by atoms with Gasteiger partial charge in [-0.15, -0.1) is 0 Å². The number of rotatable bonds is 14. The minimum atomic E-state index is -0.282. The standard InChI is InChI=1S/C30H41N3O2/c1-4-6-8-9-10-14-21-28(34)32(22-7-5-2)24(3)29-31-27-20-16-15-19-26(27)30(35)33(29)23-25-17-12-11-13-18-25/h11-13,15-20,24H,4-10,14,21-23H2,1-3H3. The number of aromatic nitrogens is 2. The van der Waals surface area contributed by atoms with Crippen LogP contribution in [-0.2, 0) is 11.3 Å². The van der Waals surface area contributed by atoms with Gasteiger partial charge in [0.2, 0.25) is 5.91 Å². The van der Waals surface area contributed by atoms with Crippen LogP contribution in [0.1, 0.15) is 96.0 Å². The Bertz CT molecular complexity index is 1120. The molecule has 0 bridgehead atoms. The summed E-state index contributed by atoms with van der Waals surface area (Å²) in [6.45, 7) is 7.49. The van der Waals surface area contributed by atoms with E-state index >= 15 is 0 Å². The molecular formula is C30H41N3O2. The number of carbonyl (C=O) groups excluding carboxylic acids is 1. The maximum absolute atomic E-state index is 13.6. The topological polar surface area (TPSA) is 55.2 Å². The summed E-state index contributed by atoms with van der Waals surface area (Å²) in [5.74, 6) is 0.820. The number of fused-ring (bicyclic) bond motifs is 1. The van der Waals surface area contributed by atoms with E-state index in [1.54, 1.807) is 4.57 Å². The lowest BCUT2D eigenvalue weighted by atomic mass is 10.1. The first-order chi connectivity index (χ1) is 17.1. The van der Waals surface area contributed by atoms with Gasteiger partial charge in [-0.05, 0) is 37.5 Å². The van der Waals surface area contributed by atoms with Gasteiger partial charge in [0, 0.05) is 13.0 Å². The van der Waals surface area contributed by atoms with Gasteiger partial charge in [-0.3, -0.25) is 14.2 Å². The van der Waals surface area contributed by atoms with Crippen molar-refractivity contribution in [2.45, 2.75) is 91.1 Å². The predicted molar refractivity (Wildman–Crippen MR) is 145 cm³/mol. The predicted octanol–water partition coefficient (Wildman–Crippen LogP) is 6.89. The Morgan fingerprint density at radius 1 is 0.886 bits per heavy atom. The molecule has 3 rings (SSSR count). The number of nitrogens with zero attached hydrogens (tertiary/aromatic N) is 3. The van der Waals surface area contributed by atoms with E-state index < -0.39 is 0 Å². The Morgan fingerprint density at radius 3 is 2.29 bits per heavy atom. The molecule has 5 nitrogen and oxygen atoms in total. The maximum atomic E-state index is 13.6. The molecule has 2 aromatic carbocycles. The van der Waals surface area contributed by atoms with Crippen LogP contribution < -0.4 is 5.56 Å². The van der Waals surface area contributed by atoms with Gasteiger partial charge in [0.1, 0.15) is 5.82 Å². The van der Waals surface area contributed by atoms with E-state index in [1.165, 1.54) is 25.7 Å². The Kier molecular flexibility index (Phi) is 10.5. The molecule has 0 radical (unpaired) electrons. The third-order valence-electron chi connectivity index (χ3n) is 6.73. The third-order valence-corrected chi connectivity index (χ3v) is 6.73. The minimum Gasteiger partial charge on any atom is -0.333 e. The number of unbranched alkanes of at least 4 members (excludes halogenated alkanes) is 6. The molecule has 0 saturated heterocycles. The maximum Gasteiger partial charge on any atom is 0.261 e. The molecular weight excluding hydrogens is 434 g/mol. The molecule has 0 saturated carbocycles. The largest absolute Gasteiger partial charge is 0.333 e. The monoisotopic (exact) mass is 475 g/mol. The number of hydrogen-bond donors (Lipinski definition) is 0. The van der Waals surface area contributed by atoms with Crippen molar-refractivity contribution in [2.75, 3.05) is 6.54 Å². The average molecular weight is 476 g/mol. The van der Waals surface area contributed by atoms with Gasteiger partial charge in [0.25, 0.3) is 5.56 Å². The lowest BCUT2D eigenvalue weighted by Gasteiger charge is -2.31. The van der Waals surface area contributed by atoms with Gasteiger partial charge in [-0.2, -0.15) is 0 Å². The molecule has 1 unspecified atom stereocenters. The highest BCUT2D eigenvalue weighted by molar-refractivity contribution is 5.78. The molecule has 35 heavy (non-hydrogen) atoms. The number of benzene rings is 2. The summed E-state index contributed by atoms with van der Waals surface area (Å²) in [5, 5.41) is 0.609. The van der Waals surface area contributed by atoms with Gasteiger partial charge >= 0.3 is 0 Å². The quantitative estimate of drug-likeness (QED) is 0.239. The van der Waals surface area contributed by atoms with E-state index in [-0.39, 0.29) is 17.5 Å². The molecule has 0 N–H and O–H groups in total. The first-order valence-electron chi connectivity index (χ1n) is 13.4. The normalized spacial score (nSPS) is 12.1. The molecule has 1 atom stereocenters.